The first-order valence-corrected chi connectivity index (χ1v) is 8.87. The van der Waals surface area contributed by atoms with E-state index in [2.05, 4.69) is 4.90 Å². The molecule has 1 fully saturated rings. The van der Waals surface area contributed by atoms with Crippen LogP contribution < -0.4 is 0 Å². The first-order chi connectivity index (χ1) is 12.2. The summed E-state index contributed by atoms with van der Waals surface area (Å²) in [5, 5.41) is 0. The minimum absolute atomic E-state index is 0. The van der Waals surface area contributed by atoms with Crippen molar-refractivity contribution in [1.82, 2.24) is 9.80 Å². The van der Waals surface area contributed by atoms with E-state index in [1.807, 2.05) is 29.2 Å². The average Bonchev–Trinajstić information content (AvgIpc) is 3.26. The van der Waals surface area contributed by atoms with Gasteiger partial charge in [0.05, 0.1) is 12.8 Å². The fourth-order valence-electron chi connectivity index (χ4n) is 3.82. The van der Waals surface area contributed by atoms with Crippen LogP contribution in [0, 0.1) is 5.92 Å². The van der Waals surface area contributed by atoms with Crippen LogP contribution >= 0.6 is 12.4 Å². The molecule has 6 heteroatoms. The number of carbonyl (C=O) groups is 2. The molecule has 1 aromatic carbocycles. The van der Waals surface area contributed by atoms with Gasteiger partial charge in [0.15, 0.2) is 5.76 Å². The van der Waals surface area contributed by atoms with Gasteiger partial charge in [0.1, 0.15) is 0 Å². The normalized spacial score (nSPS) is 17.8. The summed E-state index contributed by atoms with van der Waals surface area (Å²) in [6.07, 6.45) is 3.57. The van der Waals surface area contributed by atoms with Crippen molar-refractivity contribution in [3.8, 4) is 0 Å². The molecule has 0 saturated carbocycles. The minimum atomic E-state index is 0. The summed E-state index contributed by atoms with van der Waals surface area (Å²) in [7, 11) is 0. The van der Waals surface area contributed by atoms with Gasteiger partial charge in [-0.15, -0.1) is 12.4 Å². The Kier molecular flexibility index (Phi) is 5.79. The lowest BCUT2D eigenvalue weighted by molar-refractivity contribution is 0.0705. The number of hydrogen-bond donors (Lipinski definition) is 0. The van der Waals surface area contributed by atoms with E-state index in [0.717, 1.165) is 50.1 Å². The molecule has 0 radical (unpaired) electrons. The molecule has 138 valence electrons. The lowest BCUT2D eigenvalue weighted by atomic mass is 9.96. The molecular formula is C20H23ClN2O3. The van der Waals surface area contributed by atoms with Crippen molar-refractivity contribution in [3.05, 3.63) is 59.5 Å². The van der Waals surface area contributed by atoms with Crippen LogP contribution in [0.3, 0.4) is 0 Å². The zero-order valence-electron chi connectivity index (χ0n) is 14.6. The average molecular weight is 375 g/mol. The molecule has 5 nitrogen and oxygen atoms in total. The van der Waals surface area contributed by atoms with Crippen molar-refractivity contribution >= 4 is 24.1 Å². The second-order valence-corrected chi connectivity index (χ2v) is 6.96. The summed E-state index contributed by atoms with van der Waals surface area (Å²) in [6, 6.07) is 11.3. The Morgan fingerprint density at radius 1 is 1.12 bits per heavy atom. The molecule has 0 spiro atoms. The Labute approximate surface area is 159 Å². The number of carbonyl (C=O) groups excluding carboxylic acids is 2. The van der Waals surface area contributed by atoms with Gasteiger partial charge in [0.25, 0.3) is 5.91 Å². The third-order valence-corrected chi connectivity index (χ3v) is 5.25. The Bertz CT molecular complexity index is 767. The minimum Gasteiger partial charge on any atom is -0.461 e. The van der Waals surface area contributed by atoms with E-state index in [1.54, 1.807) is 12.1 Å². The molecule has 4 rings (SSSR count). The molecule has 0 unspecified atom stereocenters. The number of nitrogens with zero attached hydrogens (tertiary/aromatic N) is 2. The van der Waals surface area contributed by atoms with Crippen LogP contribution in [0.2, 0.25) is 0 Å². The number of benzene rings is 1. The molecule has 3 heterocycles. The van der Waals surface area contributed by atoms with Crippen molar-refractivity contribution in [3.63, 3.8) is 0 Å². The van der Waals surface area contributed by atoms with E-state index in [9.17, 15) is 9.59 Å². The molecule has 26 heavy (non-hydrogen) atoms. The standard InChI is InChI=1S/C20H22N2O3.ClH/c23-18(19-6-3-11-25-19)14-21-9-7-15(8-10-21)12-22-13-16-4-1-2-5-17(16)20(22)24;/h1-6,11,15H,7-10,12-14H2;1H. The summed E-state index contributed by atoms with van der Waals surface area (Å²) < 4.78 is 5.17. The van der Waals surface area contributed by atoms with Gasteiger partial charge in [-0.1, -0.05) is 18.2 Å². The number of ketones is 1. The van der Waals surface area contributed by atoms with Gasteiger partial charge in [-0.2, -0.15) is 0 Å². The third kappa shape index (κ3) is 3.84. The van der Waals surface area contributed by atoms with E-state index >= 15 is 0 Å². The van der Waals surface area contributed by atoms with E-state index in [0.29, 0.717) is 18.2 Å². The van der Waals surface area contributed by atoms with Gasteiger partial charge in [-0.25, -0.2) is 0 Å². The zero-order chi connectivity index (χ0) is 17.2. The molecule has 0 N–H and O–H groups in total. The Hall–Kier alpha value is -2.11. The van der Waals surface area contributed by atoms with Crippen molar-refractivity contribution < 1.29 is 14.0 Å². The van der Waals surface area contributed by atoms with Gasteiger partial charge in [-0.3, -0.25) is 14.5 Å². The number of hydrogen-bond acceptors (Lipinski definition) is 4. The summed E-state index contributed by atoms with van der Waals surface area (Å²) in [4.78, 5) is 28.7. The smallest absolute Gasteiger partial charge is 0.254 e. The first kappa shape index (κ1) is 18.7. The molecule has 1 saturated heterocycles. The van der Waals surface area contributed by atoms with Gasteiger partial charge < -0.3 is 9.32 Å². The fourth-order valence-corrected chi connectivity index (χ4v) is 3.82. The van der Waals surface area contributed by atoms with Gasteiger partial charge in [0.2, 0.25) is 5.78 Å². The second-order valence-electron chi connectivity index (χ2n) is 6.96. The number of amides is 1. The summed E-state index contributed by atoms with van der Waals surface area (Å²) in [5.74, 6) is 1.13. The van der Waals surface area contributed by atoms with Crippen LogP contribution in [0.15, 0.2) is 47.1 Å². The first-order valence-electron chi connectivity index (χ1n) is 8.87. The van der Waals surface area contributed by atoms with Crippen LogP contribution in [-0.4, -0.2) is 47.7 Å². The van der Waals surface area contributed by atoms with Crippen molar-refractivity contribution in [2.45, 2.75) is 19.4 Å². The number of likely N-dealkylation sites (tertiary alicyclic amines) is 1. The molecule has 1 amide bonds. The van der Waals surface area contributed by atoms with Crippen LogP contribution in [0.4, 0.5) is 0 Å². The number of furan rings is 1. The third-order valence-electron chi connectivity index (χ3n) is 5.25. The van der Waals surface area contributed by atoms with E-state index in [4.69, 9.17) is 4.42 Å². The van der Waals surface area contributed by atoms with E-state index in [1.165, 1.54) is 6.26 Å². The van der Waals surface area contributed by atoms with Crippen LogP contribution in [0.1, 0.15) is 39.3 Å². The van der Waals surface area contributed by atoms with Gasteiger partial charge >= 0.3 is 0 Å². The molecule has 0 bridgehead atoms. The Morgan fingerprint density at radius 3 is 2.58 bits per heavy atom. The molecule has 2 aliphatic heterocycles. The Morgan fingerprint density at radius 2 is 1.88 bits per heavy atom. The molecular weight excluding hydrogens is 352 g/mol. The molecule has 2 aromatic rings. The fraction of sp³-hybridized carbons (Fsp3) is 0.400. The molecule has 2 aliphatic rings. The summed E-state index contributed by atoms with van der Waals surface area (Å²) in [5.41, 5.74) is 1.98. The predicted molar refractivity (Wildman–Crippen MR) is 101 cm³/mol. The van der Waals surface area contributed by atoms with Crippen molar-refractivity contribution in [1.29, 1.82) is 0 Å². The van der Waals surface area contributed by atoms with Crippen LogP contribution in [-0.2, 0) is 6.54 Å². The lowest BCUT2D eigenvalue weighted by Crippen LogP contribution is -2.40. The maximum absolute atomic E-state index is 12.5. The highest BCUT2D eigenvalue weighted by atomic mass is 35.5. The van der Waals surface area contributed by atoms with Gasteiger partial charge in [-0.05, 0) is 55.6 Å². The molecule has 0 atom stereocenters. The van der Waals surface area contributed by atoms with E-state index in [-0.39, 0.29) is 24.1 Å². The maximum Gasteiger partial charge on any atom is 0.254 e. The molecule has 0 aliphatic carbocycles. The number of piperidine rings is 1. The number of fused-ring (bicyclic) bond motifs is 1. The lowest BCUT2D eigenvalue weighted by Gasteiger charge is -2.33. The monoisotopic (exact) mass is 374 g/mol. The maximum atomic E-state index is 12.5. The van der Waals surface area contributed by atoms with Crippen molar-refractivity contribution in [2.75, 3.05) is 26.2 Å². The van der Waals surface area contributed by atoms with E-state index < -0.39 is 0 Å². The molecule has 1 aromatic heterocycles. The highest BCUT2D eigenvalue weighted by Gasteiger charge is 2.30. The number of Topliss-reactive ketones (excluding diaryl/α,β-unsaturated/α-hetero) is 1. The highest BCUT2D eigenvalue weighted by Crippen LogP contribution is 2.26. The number of halogens is 1. The largest absolute Gasteiger partial charge is 0.461 e. The number of rotatable bonds is 5. The van der Waals surface area contributed by atoms with Crippen LogP contribution in [0.5, 0.6) is 0 Å². The SMILES string of the molecule is Cl.O=C(CN1CCC(CN2Cc3ccccc3C2=O)CC1)c1ccco1. The van der Waals surface area contributed by atoms with Crippen molar-refractivity contribution in [2.24, 2.45) is 5.92 Å². The van der Waals surface area contributed by atoms with Gasteiger partial charge in [0, 0.05) is 18.7 Å². The second kappa shape index (κ2) is 8.06. The summed E-state index contributed by atoms with van der Waals surface area (Å²) in [6.45, 7) is 3.74. The summed E-state index contributed by atoms with van der Waals surface area (Å²) >= 11 is 0. The Balaban J connectivity index is 0.00000196. The quantitative estimate of drug-likeness (QED) is 0.754. The van der Waals surface area contributed by atoms with Crippen LogP contribution in [0.25, 0.3) is 0 Å². The predicted octanol–water partition coefficient (Wildman–Crippen LogP) is 3.25. The highest BCUT2D eigenvalue weighted by molar-refractivity contribution is 5.98. The topological polar surface area (TPSA) is 53.8 Å². The zero-order valence-corrected chi connectivity index (χ0v) is 15.4.